The second-order valence-electron chi connectivity index (χ2n) is 5.22. The molecule has 20 heavy (non-hydrogen) atoms. The van der Waals surface area contributed by atoms with Crippen molar-refractivity contribution in [3.8, 4) is 5.75 Å². The van der Waals surface area contributed by atoms with Gasteiger partial charge in [-0.2, -0.15) is 0 Å². The summed E-state index contributed by atoms with van der Waals surface area (Å²) in [6.45, 7) is 1.47. The van der Waals surface area contributed by atoms with E-state index in [4.69, 9.17) is 4.74 Å². The number of nitrogens with one attached hydrogen (secondary N) is 2. The first-order chi connectivity index (χ1) is 9.81. The summed E-state index contributed by atoms with van der Waals surface area (Å²) in [6, 6.07) is 7.96. The van der Waals surface area contributed by atoms with Crippen LogP contribution < -0.4 is 15.6 Å². The number of aromatic nitrogens is 2. The third-order valence-corrected chi connectivity index (χ3v) is 3.91. The van der Waals surface area contributed by atoms with Gasteiger partial charge in [0.15, 0.2) is 11.9 Å². The number of hydrogen-bond acceptors (Lipinski definition) is 4. The Morgan fingerprint density at radius 1 is 1.30 bits per heavy atom. The Hall–Kier alpha value is -2.14. The average molecular weight is 269 g/mol. The minimum atomic E-state index is -0.180. The number of ether oxygens (including phenoxy) is 1. The van der Waals surface area contributed by atoms with Gasteiger partial charge >= 0.3 is 0 Å². The summed E-state index contributed by atoms with van der Waals surface area (Å²) in [5.41, 5.74) is 2.79. The van der Waals surface area contributed by atoms with Gasteiger partial charge in [0, 0.05) is 25.9 Å². The number of nitrogens with zero attached hydrogens (tertiary/aromatic N) is 1. The molecule has 2 N–H and O–H groups in total. The summed E-state index contributed by atoms with van der Waals surface area (Å²) in [6.07, 6.45) is 1.38. The van der Waals surface area contributed by atoms with E-state index in [9.17, 15) is 4.79 Å². The van der Waals surface area contributed by atoms with Gasteiger partial charge in [-0.25, -0.2) is 4.98 Å². The summed E-state index contributed by atoms with van der Waals surface area (Å²) in [7, 11) is 0. The van der Waals surface area contributed by atoms with Crippen molar-refractivity contribution in [2.45, 2.75) is 25.5 Å². The molecule has 1 unspecified atom stereocenters. The Kier molecular flexibility index (Phi) is 2.60. The second kappa shape index (κ2) is 4.45. The Morgan fingerprint density at radius 2 is 2.20 bits per heavy atom. The summed E-state index contributed by atoms with van der Waals surface area (Å²) < 4.78 is 5.89. The third-order valence-electron chi connectivity index (χ3n) is 3.91. The van der Waals surface area contributed by atoms with Crippen LogP contribution >= 0.6 is 0 Å². The van der Waals surface area contributed by atoms with Crippen molar-refractivity contribution in [2.75, 3.05) is 6.54 Å². The Labute approximate surface area is 116 Å². The van der Waals surface area contributed by atoms with E-state index in [2.05, 4.69) is 21.4 Å². The Bertz CT molecular complexity index is 698. The summed E-state index contributed by atoms with van der Waals surface area (Å²) in [5.74, 6) is 1.53. The molecule has 102 valence electrons. The van der Waals surface area contributed by atoms with Crippen LogP contribution in [0.25, 0.3) is 0 Å². The lowest BCUT2D eigenvalue weighted by molar-refractivity contribution is 0.226. The largest absolute Gasteiger partial charge is 0.482 e. The lowest BCUT2D eigenvalue weighted by Crippen LogP contribution is -2.33. The fourth-order valence-corrected chi connectivity index (χ4v) is 2.86. The highest BCUT2D eigenvalue weighted by atomic mass is 16.5. The van der Waals surface area contributed by atoms with Crippen LogP contribution in [-0.2, 0) is 19.4 Å². The zero-order chi connectivity index (χ0) is 13.5. The van der Waals surface area contributed by atoms with Crippen LogP contribution in [0.2, 0.25) is 0 Å². The number of hydrogen-bond donors (Lipinski definition) is 2. The zero-order valence-corrected chi connectivity index (χ0v) is 11.0. The molecule has 0 radical (unpaired) electrons. The van der Waals surface area contributed by atoms with Crippen LogP contribution in [0, 0.1) is 0 Å². The van der Waals surface area contributed by atoms with Crippen molar-refractivity contribution in [1.29, 1.82) is 0 Å². The molecule has 0 amide bonds. The monoisotopic (exact) mass is 269 g/mol. The van der Waals surface area contributed by atoms with E-state index >= 15 is 0 Å². The molecule has 0 saturated carbocycles. The molecule has 2 aliphatic heterocycles. The highest BCUT2D eigenvalue weighted by Gasteiger charge is 2.27. The quantitative estimate of drug-likeness (QED) is 0.813. The maximum atomic E-state index is 12.1. The molecule has 0 saturated heterocycles. The van der Waals surface area contributed by atoms with Crippen LogP contribution in [0.1, 0.15) is 28.7 Å². The third kappa shape index (κ3) is 1.82. The molecule has 4 rings (SSSR count). The van der Waals surface area contributed by atoms with Gasteiger partial charge in [-0.1, -0.05) is 18.2 Å². The van der Waals surface area contributed by atoms with Gasteiger partial charge in [-0.05, 0) is 11.6 Å². The molecule has 1 aromatic heterocycles. The van der Waals surface area contributed by atoms with Gasteiger partial charge < -0.3 is 15.0 Å². The number of para-hydroxylation sites is 1. The van der Waals surface area contributed by atoms with Crippen LogP contribution in [0.4, 0.5) is 0 Å². The van der Waals surface area contributed by atoms with Gasteiger partial charge in [0.2, 0.25) is 0 Å². The smallest absolute Gasteiger partial charge is 0.255 e. The van der Waals surface area contributed by atoms with Crippen LogP contribution in [0.5, 0.6) is 5.75 Å². The van der Waals surface area contributed by atoms with Crippen LogP contribution in [0.15, 0.2) is 29.1 Å². The highest BCUT2D eigenvalue weighted by Crippen LogP contribution is 2.34. The molecular formula is C15H15N3O2. The second-order valence-corrected chi connectivity index (χ2v) is 5.22. The van der Waals surface area contributed by atoms with Crippen molar-refractivity contribution in [2.24, 2.45) is 0 Å². The maximum Gasteiger partial charge on any atom is 0.255 e. The van der Waals surface area contributed by atoms with E-state index < -0.39 is 0 Å². The minimum Gasteiger partial charge on any atom is -0.482 e. The molecule has 5 heteroatoms. The first-order valence-corrected chi connectivity index (χ1v) is 6.88. The first kappa shape index (κ1) is 11.7. The summed E-state index contributed by atoms with van der Waals surface area (Å²) in [4.78, 5) is 19.6. The molecule has 2 aliphatic rings. The van der Waals surface area contributed by atoms with Crippen molar-refractivity contribution < 1.29 is 4.74 Å². The highest BCUT2D eigenvalue weighted by molar-refractivity contribution is 5.38. The van der Waals surface area contributed by atoms with Gasteiger partial charge in [0.05, 0.1) is 11.3 Å². The van der Waals surface area contributed by atoms with Gasteiger partial charge in [0.25, 0.3) is 5.56 Å². The Balaban J connectivity index is 1.71. The first-order valence-electron chi connectivity index (χ1n) is 6.88. The molecule has 0 fully saturated rings. The fraction of sp³-hybridized carbons (Fsp3) is 0.333. The molecule has 1 atom stereocenters. The van der Waals surface area contributed by atoms with Gasteiger partial charge in [-0.3, -0.25) is 4.79 Å². The average Bonchev–Trinajstić information content (AvgIpc) is 2.91. The predicted octanol–water partition coefficient (Wildman–Crippen LogP) is 1.09. The minimum absolute atomic E-state index is 0.0447. The molecule has 2 aromatic rings. The molecule has 5 nitrogen and oxygen atoms in total. The van der Waals surface area contributed by atoms with Crippen molar-refractivity contribution in [1.82, 2.24) is 15.3 Å². The fourth-order valence-electron chi connectivity index (χ4n) is 2.86. The molecule has 0 spiro atoms. The number of H-pyrrole nitrogens is 1. The molecule has 0 aliphatic carbocycles. The van der Waals surface area contributed by atoms with Crippen molar-refractivity contribution in [3.63, 3.8) is 0 Å². The zero-order valence-electron chi connectivity index (χ0n) is 11.0. The van der Waals surface area contributed by atoms with E-state index in [1.54, 1.807) is 0 Å². The normalized spacial score (nSPS) is 20.1. The van der Waals surface area contributed by atoms with Crippen molar-refractivity contribution in [3.05, 3.63) is 57.3 Å². The topological polar surface area (TPSA) is 67.0 Å². The standard InChI is InChI=1S/C15H15N3O2/c19-15-10-8-16-6-5-11(10)17-14(18-15)13-7-9-3-1-2-4-12(9)20-13/h1-4,13,16H,5-8H2,(H,17,18,19). The number of aromatic amines is 1. The molecule has 0 bridgehead atoms. The van der Waals surface area contributed by atoms with Gasteiger partial charge in [-0.15, -0.1) is 0 Å². The summed E-state index contributed by atoms with van der Waals surface area (Å²) >= 11 is 0. The SMILES string of the molecule is O=c1[nH]c(C2Cc3ccccc3O2)nc2c1CNCC2. The maximum absolute atomic E-state index is 12.1. The van der Waals surface area contributed by atoms with E-state index in [0.717, 1.165) is 36.4 Å². The van der Waals surface area contributed by atoms with E-state index in [-0.39, 0.29) is 11.7 Å². The Morgan fingerprint density at radius 3 is 3.10 bits per heavy atom. The molecule has 3 heterocycles. The van der Waals surface area contributed by atoms with Gasteiger partial charge in [0.1, 0.15) is 5.75 Å². The van der Waals surface area contributed by atoms with E-state index in [0.29, 0.717) is 12.4 Å². The lowest BCUT2D eigenvalue weighted by Gasteiger charge is -2.17. The summed E-state index contributed by atoms with van der Waals surface area (Å²) in [5, 5.41) is 3.19. The number of rotatable bonds is 1. The molecule has 1 aromatic carbocycles. The van der Waals surface area contributed by atoms with E-state index in [1.165, 1.54) is 5.56 Å². The number of fused-ring (bicyclic) bond motifs is 2. The van der Waals surface area contributed by atoms with E-state index in [1.807, 2.05) is 18.2 Å². The van der Waals surface area contributed by atoms with Crippen molar-refractivity contribution >= 4 is 0 Å². The lowest BCUT2D eigenvalue weighted by atomic mass is 10.1. The molecular weight excluding hydrogens is 254 g/mol. The predicted molar refractivity (Wildman–Crippen MR) is 73.8 cm³/mol. The number of benzene rings is 1. The van der Waals surface area contributed by atoms with Crippen LogP contribution in [-0.4, -0.2) is 16.5 Å². The van der Waals surface area contributed by atoms with Crippen LogP contribution in [0.3, 0.4) is 0 Å².